The Bertz CT molecular complexity index is 258. The number of hydrogen-bond acceptors (Lipinski definition) is 2. The highest BCUT2D eigenvalue weighted by Crippen LogP contribution is 2.14. The van der Waals surface area contributed by atoms with E-state index >= 15 is 0 Å². The van der Waals surface area contributed by atoms with Crippen molar-refractivity contribution in [1.29, 1.82) is 0 Å². The van der Waals surface area contributed by atoms with Crippen molar-refractivity contribution < 1.29 is 5.11 Å². The third-order valence-corrected chi connectivity index (χ3v) is 1.98. The molecule has 0 saturated carbocycles. The predicted octanol–water partition coefficient (Wildman–Crippen LogP) is 2.44. The summed E-state index contributed by atoms with van der Waals surface area (Å²) in [6.07, 6.45) is 4.84. The highest BCUT2D eigenvalue weighted by atomic mass is 16.3. The average molecular weight is 165 g/mol. The van der Waals surface area contributed by atoms with Gasteiger partial charge in [-0.15, -0.1) is 0 Å². The summed E-state index contributed by atoms with van der Waals surface area (Å²) in [5.41, 5.74) is 2.19. The molecule has 1 N–H and O–H groups in total. The molecule has 12 heavy (non-hydrogen) atoms. The molecule has 0 aliphatic rings. The standard InChI is InChI=1S/C10H15NO/c1-3-4-5-9-6-10(12)7-11-8(9)2/h6-7,12H,3-5H2,1-2H3. The Kier molecular flexibility index (Phi) is 3.09. The molecule has 0 amide bonds. The summed E-state index contributed by atoms with van der Waals surface area (Å²) >= 11 is 0. The topological polar surface area (TPSA) is 33.1 Å². The number of unbranched alkanes of at least 4 members (excludes halogenated alkanes) is 1. The number of pyridine rings is 1. The van der Waals surface area contributed by atoms with Crippen LogP contribution >= 0.6 is 0 Å². The number of aromatic nitrogens is 1. The summed E-state index contributed by atoms with van der Waals surface area (Å²) in [5, 5.41) is 9.17. The van der Waals surface area contributed by atoms with E-state index < -0.39 is 0 Å². The van der Waals surface area contributed by atoms with E-state index in [1.807, 2.05) is 6.92 Å². The Labute approximate surface area is 73.3 Å². The molecule has 0 aromatic carbocycles. The minimum atomic E-state index is 0.270. The van der Waals surface area contributed by atoms with Crippen molar-refractivity contribution in [2.75, 3.05) is 0 Å². The lowest BCUT2D eigenvalue weighted by Gasteiger charge is -2.03. The number of hydrogen-bond donors (Lipinski definition) is 1. The van der Waals surface area contributed by atoms with E-state index in [1.54, 1.807) is 6.07 Å². The zero-order valence-electron chi connectivity index (χ0n) is 7.67. The summed E-state index contributed by atoms with van der Waals surface area (Å²) in [6.45, 7) is 4.13. The fourth-order valence-electron chi connectivity index (χ4n) is 1.19. The SMILES string of the molecule is CCCCc1cc(O)cnc1C. The zero-order valence-corrected chi connectivity index (χ0v) is 7.67. The second-order valence-corrected chi connectivity index (χ2v) is 3.04. The first kappa shape index (κ1) is 9.04. The molecule has 2 nitrogen and oxygen atoms in total. The average Bonchev–Trinajstić information content (AvgIpc) is 2.07. The van der Waals surface area contributed by atoms with Gasteiger partial charge in [-0.1, -0.05) is 13.3 Å². The highest BCUT2D eigenvalue weighted by molar-refractivity contribution is 5.27. The first-order valence-corrected chi connectivity index (χ1v) is 4.38. The van der Waals surface area contributed by atoms with E-state index in [4.69, 9.17) is 0 Å². The molecule has 0 aliphatic carbocycles. The van der Waals surface area contributed by atoms with Gasteiger partial charge in [0.1, 0.15) is 5.75 Å². The number of aryl methyl sites for hydroxylation is 2. The fourth-order valence-corrected chi connectivity index (χ4v) is 1.19. The molecule has 2 heteroatoms. The van der Waals surface area contributed by atoms with Crippen LogP contribution in [-0.4, -0.2) is 10.1 Å². The van der Waals surface area contributed by atoms with Gasteiger partial charge in [0, 0.05) is 5.69 Å². The van der Waals surface area contributed by atoms with E-state index in [9.17, 15) is 5.11 Å². The summed E-state index contributed by atoms with van der Waals surface area (Å²) in [7, 11) is 0. The van der Waals surface area contributed by atoms with E-state index in [0.717, 1.165) is 24.1 Å². The third kappa shape index (κ3) is 2.22. The summed E-state index contributed by atoms with van der Waals surface area (Å²) in [6, 6.07) is 1.80. The lowest BCUT2D eigenvalue weighted by molar-refractivity contribution is 0.471. The second-order valence-electron chi connectivity index (χ2n) is 3.04. The Balaban J connectivity index is 2.75. The molecule has 66 valence electrons. The van der Waals surface area contributed by atoms with Crippen LogP contribution < -0.4 is 0 Å². The van der Waals surface area contributed by atoms with Crippen molar-refractivity contribution in [3.63, 3.8) is 0 Å². The summed E-state index contributed by atoms with van der Waals surface area (Å²) in [4.78, 5) is 4.08. The molecule has 1 heterocycles. The van der Waals surface area contributed by atoms with Crippen molar-refractivity contribution in [1.82, 2.24) is 4.98 Å². The Hall–Kier alpha value is -1.05. The molecule has 0 radical (unpaired) electrons. The molecular weight excluding hydrogens is 150 g/mol. The molecule has 1 aromatic rings. The molecule has 0 spiro atoms. The lowest BCUT2D eigenvalue weighted by Crippen LogP contribution is -1.91. The van der Waals surface area contributed by atoms with Gasteiger partial charge in [-0.3, -0.25) is 4.98 Å². The molecule has 0 saturated heterocycles. The van der Waals surface area contributed by atoms with Gasteiger partial charge >= 0.3 is 0 Å². The van der Waals surface area contributed by atoms with Gasteiger partial charge in [0.15, 0.2) is 0 Å². The number of nitrogens with zero attached hydrogens (tertiary/aromatic N) is 1. The molecule has 0 atom stereocenters. The minimum absolute atomic E-state index is 0.270. The maximum Gasteiger partial charge on any atom is 0.134 e. The second kappa shape index (κ2) is 4.10. The lowest BCUT2D eigenvalue weighted by atomic mass is 10.1. The van der Waals surface area contributed by atoms with E-state index in [2.05, 4.69) is 11.9 Å². The van der Waals surface area contributed by atoms with Gasteiger partial charge in [-0.25, -0.2) is 0 Å². The third-order valence-electron chi connectivity index (χ3n) is 1.98. The first-order valence-electron chi connectivity index (χ1n) is 4.38. The molecular formula is C10H15NO. The molecule has 0 fully saturated rings. The maximum atomic E-state index is 9.17. The molecule has 0 aliphatic heterocycles. The van der Waals surface area contributed by atoms with E-state index in [1.165, 1.54) is 12.6 Å². The van der Waals surface area contributed by atoms with Crippen molar-refractivity contribution >= 4 is 0 Å². The largest absolute Gasteiger partial charge is 0.506 e. The fraction of sp³-hybridized carbons (Fsp3) is 0.500. The van der Waals surface area contributed by atoms with Crippen LogP contribution in [-0.2, 0) is 6.42 Å². The highest BCUT2D eigenvalue weighted by Gasteiger charge is 1.99. The smallest absolute Gasteiger partial charge is 0.134 e. The Morgan fingerprint density at radius 2 is 2.25 bits per heavy atom. The van der Waals surface area contributed by atoms with Crippen LogP contribution in [0.25, 0.3) is 0 Å². The van der Waals surface area contributed by atoms with E-state index in [-0.39, 0.29) is 5.75 Å². The number of aromatic hydroxyl groups is 1. The predicted molar refractivity (Wildman–Crippen MR) is 49.3 cm³/mol. The van der Waals surface area contributed by atoms with Crippen LogP contribution in [0.3, 0.4) is 0 Å². The Morgan fingerprint density at radius 1 is 1.50 bits per heavy atom. The normalized spacial score (nSPS) is 10.2. The first-order chi connectivity index (χ1) is 5.74. The Morgan fingerprint density at radius 3 is 2.92 bits per heavy atom. The zero-order chi connectivity index (χ0) is 8.97. The molecule has 0 unspecified atom stereocenters. The number of rotatable bonds is 3. The van der Waals surface area contributed by atoms with E-state index in [0.29, 0.717) is 0 Å². The van der Waals surface area contributed by atoms with Crippen LogP contribution in [0, 0.1) is 6.92 Å². The van der Waals surface area contributed by atoms with Crippen LogP contribution in [0.5, 0.6) is 5.75 Å². The van der Waals surface area contributed by atoms with Crippen LogP contribution in [0.1, 0.15) is 31.0 Å². The quantitative estimate of drug-likeness (QED) is 0.746. The van der Waals surface area contributed by atoms with Crippen molar-refractivity contribution in [3.05, 3.63) is 23.5 Å². The van der Waals surface area contributed by atoms with Gasteiger partial charge in [0.2, 0.25) is 0 Å². The van der Waals surface area contributed by atoms with Gasteiger partial charge in [0.05, 0.1) is 6.20 Å². The van der Waals surface area contributed by atoms with Crippen LogP contribution in [0.2, 0.25) is 0 Å². The van der Waals surface area contributed by atoms with Gasteiger partial charge in [0.25, 0.3) is 0 Å². The minimum Gasteiger partial charge on any atom is -0.506 e. The van der Waals surface area contributed by atoms with Crippen LogP contribution in [0.15, 0.2) is 12.3 Å². The summed E-state index contributed by atoms with van der Waals surface area (Å²) in [5.74, 6) is 0.270. The molecule has 1 aromatic heterocycles. The molecule has 1 rings (SSSR count). The van der Waals surface area contributed by atoms with Crippen molar-refractivity contribution in [3.8, 4) is 5.75 Å². The van der Waals surface area contributed by atoms with Crippen LogP contribution in [0.4, 0.5) is 0 Å². The van der Waals surface area contributed by atoms with Crippen molar-refractivity contribution in [2.24, 2.45) is 0 Å². The summed E-state index contributed by atoms with van der Waals surface area (Å²) < 4.78 is 0. The van der Waals surface area contributed by atoms with Crippen molar-refractivity contribution in [2.45, 2.75) is 33.1 Å². The maximum absolute atomic E-state index is 9.17. The molecule has 0 bridgehead atoms. The monoisotopic (exact) mass is 165 g/mol. The van der Waals surface area contributed by atoms with Gasteiger partial charge < -0.3 is 5.11 Å². The van der Waals surface area contributed by atoms with Gasteiger partial charge in [-0.2, -0.15) is 0 Å². The van der Waals surface area contributed by atoms with Gasteiger partial charge in [-0.05, 0) is 31.4 Å².